The van der Waals surface area contributed by atoms with Crippen molar-refractivity contribution in [3.8, 4) is 0 Å². The standard InChI is InChI=1S/C18H13BrF3N5O4/c1-24-12-13(23-15(24)19)25(2)16(29)26(14(12)28)7-8-6-9-10(18(20,21)22)4-3-5-11(9)27(8)17(30)31/h3-6H,7H2,1-2H3,(H,30,31)/p-1. The summed E-state index contributed by atoms with van der Waals surface area (Å²) >= 11 is 3.16. The lowest BCUT2D eigenvalue weighted by molar-refractivity contribution is -0.250. The molecule has 0 unspecified atom stereocenters. The van der Waals surface area contributed by atoms with Crippen molar-refractivity contribution in [2.75, 3.05) is 0 Å². The van der Waals surface area contributed by atoms with E-state index in [2.05, 4.69) is 20.9 Å². The number of carbonyl (C=O) groups is 1. The van der Waals surface area contributed by atoms with Gasteiger partial charge >= 0.3 is 11.9 Å². The number of halogens is 4. The highest BCUT2D eigenvalue weighted by Gasteiger charge is 2.33. The van der Waals surface area contributed by atoms with Crippen molar-refractivity contribution < 1.29 is 23.1 Å². The Labute approximate surface area is 178 Å². The van der Waals surface area contributed by atoms with Crippen molar-refractivity contribution in [1.29, 1.82) is 0 Å². The van der Waals surface area contributed by atoms with Crippen LogP contribution in [0.3, 0.4) is 0 Å². The molecule has 1 aromatic carbocycles. The van der Waals surface area contributed by atoms with Crippen molar-refractivity contribution in [3.05, 3.63) is 61.1 Å². The van der Waals surface area contributed by atoms with Gasteiger partial charge in [0, 0.05) is 25.2 Å². The van der Waals surface area contributed by atoms with Crippen molar-refractivity contribution >= 4 is 44.1 Å². The first-order valence-electron chi connectivity index (χ1n) is 8.67. The largest absolute Gasteiger partial charge is 0.529 e. The average Bonchev–Trinajstić information content (AvgIpc) is 3.20. The first-order valence-corrected chi connectivity index (χ1v) is 9.46. The zero-order chi connectivity index (χ0) is 22.8. The minimum Gasteiger partial charge on any atom is -0.529 e. The van der Waals surface area contributed by atoms with Crippen molar-refractivity contribution in [3.63, 3.8) is 0 Å². The summed E-state index contributed by atoms with van der Waals surface area (Å²) in [6.45, 7) is -0.593. The van der Waals surface area contributed by atoms with E-state index in [1.54, 1.807) is 0 Å². The van der Waals surface area contributed by atoms with Gasteiger partial charge in [0.05, 0.1) is 17.6 Å². The van der Waals surface area contributed by atoms with Gasteiger partial charge in [-0.2, -0.15) is 13.2 Å². The van der Waals surface area contributed by atoms with E-state index >= 15 is 0 Å². The number of hydrogen-bond donors (Lipinski definition) is 0. The van der Waals surface area contributed by atoms with Gasteiger partial charge in [-0.05, 0) is 34.1 Å². The lowest BCUT2D eigenvalue weighted by atomic mass is 10.1. The second-order valence-corrected chi connectivity index (χ2v) is 7.53. The molecule has 0 saturated heterocycles. The Bertz CT molecular complexity index is 1510. The molecule has 4 aromatic rings. The molecule has 0 N–H and O–H groups in total. The molecule has 0 bridgehead atoms. The van der Waals surface area contributed by atoms with Gasteiger partial charge in [0.2, 0.25) is 0 Å². The van der Waals surface area contributed by atoms with E-state index in [0.29, 0.717) is 4.57 Å². The fourth-order valence-corrected chi connectivity index (χ4v) is 3.93. The van der Waals surface area contributed by atoms with Crippen LogP contribution in [0.2, 0.25) is 0 Å². The zero-order valence-corrected chi connectivity index (χ0v) is 17.5. The van der Waals surface area contributed by atoms with Gasteiger partial charge in [-0.15, -0.1) is 0 Å². The summed E-state index contributed by atoms with van der Waals surface area (Å²) in [7, 11) is 2.90. The Morgan fingerprint density at radius 1 is 1.19 bits per heavy atom. The number of aromatic nitrogens is 5. The fraction of sp³-hybridized carbons (Fsp3) is 0.222. The van der Waals surface area contributed by atoms with Gasteiger partial charge in [0.15, 0.2) is 15.9 Å². The van der Waals surface area contributed by atoms with Gasteiger partial charge in [-0.25, -0.2) is 9.78 Å². The molecule has 9 nitrogen and oxygen atoms in total. The predicted octanol–water partition coefficient (Wildman–Crippen LogP) is 1.41. The molecule has 13 heteroatoms. The summed E-state index contributed by atoms with van der Waals surface area (Å²) in [5.74, 6) is 0. The van der Waals surface area contributed by atoms with E-state index in [-0.39, 0.29) is 32.5 Å². The van der Waals surface area contributed by atoms with Crippen LogP contribution in [0, 0.1) is 0 Å². The Kier molecular flexibility index (Phi) is 4.61. The Balaban J connectivity index is 2.02. The average molecular weight is 499 g/mol. The van der Waals surface area contributed by atoms with Crippen LogP contribution in [0.5, 0.6) is 0 Å². The summed E-state index contributed by atoms with van der Waals surface area (Å²) in [6, 6.07) is 4.06. The molecule has 31 heavy (non-hydrogen) atoms. The second-order valence-electron chi connectivity index (χ2n) is 6.82. The molecular formula is C18H12BrF3N5O4-. The van der Waals surface area contributed by atoms with Crippen LogP contribution >= 0.6 is 15.9 Å². The van der Waals surface area contributed by atoms with Gasteiger partial charge < -0.3 is 14.5 Å². The summed E-state index contributed by atoms with van der Waals surface area (Å²) in [5, 5.41) is 11.3. The first kappa shape index (κ1) is 20.9. The third-order valence-corrected chi connectivity index (χ3v) is 5.74. The number of nitrogens with zero attached hydrogens (tertiary/aromatic N) is 5. The van der Waals surface area contributed by atoms with Gasteiger partial charge in [0.25, 0.3) is 5.56 Å². The first-order chi connectivity index (χ1) is 14.4. The van der Waals surface area contributed by atoms with Crippen molar-refractivity contribution in [2.24, 2.45) is 14.1 Å². The summed E-state index contributed by atoms with van der Waals surface area (Å²) in [6.07, 6.45) is -6.53. The number of imidazole rings is 1. The maximum Gasteiger partial charge on any atom is 0.417 e. The van der Waals surface area contributed by atoms with Crippen LogP contribution in [0.15, 0.2) is 38.6 Å². The maximum absolute atomic E-state index is 13.4. The zero-order valence-electron chi connectivity index (χ0n) is 15.9. The van der Waals surface area contributed by atoms with E-state index in [1.807, 2.05) is 0 Å². The van der Waals surface area contributed by atoms with Crippen molar-refractivity contribution in [1.82, 2.24) is 23.3 Å². The summed E-state index contributed by atoms with van der Waals surface area (Å²) < 4.78 is 44.2. The van der Waals surface area contributed by atoms with Crippen LogP contribution < -0.4 is 16.4 Å². The molecule has 0 spiro atoms. The van der Waals surface area contributed by atoms with E-state index in [1.165, 1.54) is 24.7 Å². The highest BCUT2D eigenvalue weighted by molar-refractivity contribution is 9.10. The molecule has 0 fully saturated rings. The number of carbonyl (C=O) groups excluding carboxylic acids is 1. The normalized spacial score (nSPS) is 12.2. The van der Waals surface area contributed by atoms with E-state index < -0.39 is 35.6 Å². The third-order valence-electron chi connectivity index (χ3n) is 5.04. The molecule has 3 heterocycles. The molecule has 0 aliphatic rings. The van der Waals surface area contributed by atoms with Gasteiger partial charge in [-0.3, -0.25) is 18.5 Å². The molecule has 0 radical (unpaired) electrons. The maximum atomic E-state index is 13.4. The van der Waals surface area contributed by atoms with Crippen LogP contribution in [-0.4, -0.2) is 29.3 Å². The molecule has 162 valence electrons. The highest BCUT2D eigenvalue weighted by Crippen LogP contribution is 2.36. The number of benzene rings is 1. The van der Waals surface area contributed by atoms with Gasteiger partial charge in [-0.1, -0.05) is 6.07 Å². The Morgan fingerprint density at radius 2 is 1.87 bits per heavy atom. The van der Waals surface area contributed by atoms with Gasteiger partial charge in [0.1, 0.15) is 6.09 Å². The molecule has 0 atom stereocenters. The lowest BCUT2D eigenvalue weighted by Crippen LogP contribution is -2.41. The topological polar surface area (TPSA) is 107 Å². The number of rotatable bonds is 2. The SMILES string of the molecule is Cn1c(Br)nc2c1c(=O)n(Cc1cc3c(C(F)(F)F)cccc3n1C(=O)[O-])c(=O)n2C. The van der Waals surface area contributed by atoms with Crippen molar-refractivity contribution in [2.45, 2.75) is 12.7 Å². The number of alkyl halides is 3. The molecular weight excluding hydrogens is 487 g/mol. The fourth-order valence-electron chi connectivity index (χ4n) is 3.58. The Morgan fingerprint density at radius 3 is 2.48 bits per heavy atom. The molecule has 3 aromatic heterocycles. The predicted molar refractivity (Wildman–Crippen MR) is 105 cm³/mol. The van der Waals surface area contributed by atoms with Crippen LogP contribution in [0.1, 0.15) is 11.3 Å². The number of aryl methyl sites for hydroxylation is 2. The summed E-state index contributed by atoms with van der Waals surface area (Å²) in [4.78, 5) is 41.6. The van der Waals surface area contributed by atoms with Crippen LogP contribution in [0.4, 0.5) is 18.0 Å². The molecule has 4 rings (SSSR count). The monoisotopic (exact) mass is 498 g/mol. The summed E-state index contributed by atoms with van der Waals surface area (Å²) in [5.41, 5.74) is -2.97. The highest BCUT2D eigenvalue weighted by atomic mass is 79.9. The number of fused-ring (bicyclic) bond motifs is 2. The Hall–Kier alpha value is -3.35. The molecule has 0 amide bonds. The van der Waals surface area contributed by atoms with E-state index in [9.17, 15) is 32.7 Å². The number of carboxylic acid groups (broad SMARTS) is 1. The lowest BCUT2D eigenvalue weighted by Gasteiger charge is -2.13. The molecule has 0 aliphatic carbocycles. The third kappa shape index (κ3) is 3.07. The minimum atomic E-state index is -4.73. The second kappa shape index (κ2) is 6.83. The van der Waals surface area contributed by atoms with E-state index in [0.717, 1.165) is 27.3 Å². The molecule has 0 aliphatic heterocycles. The van der Waals surface area contributed by atoms with Crippen LogP contribution in [-0.2, 0) is 26.8 Å². The number of hydrogen-bond acceptors (Lipinski definition) is 5. The minimum absolute atomic E-state index is 0.0565. The smallest absolute Gasteiger partial charge is 0.417 e. The van der Waals surface area contributed by atoms with E-state index in [4.69, 9.17) is 0 Å². The quantitative estimate of drug-likeness (QED) is 0.388. The molecule has 0 saturated carbocycles. The van der Waals surface area contributed by atoms with Crippen LogP contribution in [0.25, 0.3) is 22.1 Å².